The third-order valence-electron chi connectivity index (χ3n) is 4.47. The van der Waals surface area contributed by atoms with E-state index < -0.39 is 17.9 Å². The summed E-state index contributed by atoms with van der Waals surface area (Å²) in [5, 5.41) is 14.1. The molecule has 2 rings (SSSR count). The molecule has 2 atom stereocenters. The number of hydrogen-bond donors (Lipinski definition) is 2. The van der Waals surface area contributed by atoms with Gasteiger partial charge in [-0.2, -0.15) is 0 Å². The van der Waals surface area contributed by atoms with Crippen LogP contribution < -0.4 is 10.6 Å². The molecule has 142 valence electrons. The Hall–Kier alpha value is -1.67. The van der Waals surface area contributed by atoms with Crippen LogP contribution in [0.3, 0.4) is 0 Å². The van der Waals surface area contributed by atoms with Crippen molar-refractivity contribution in [2.24, 2.45) is 5.92 Å². The Morgan fingerprint density at radius 1 is 1.40 bits per heavy atom. The number of rotatable bonds is 7. The van der Waals surface area contributed by atoms with E-state index in [1.54, 1.807) is 17.8 Å². The molecule has 2 heterocycles. The highest BCUT2D eigenvalue weighted by Crippen LogP contribution is 2.17. The maximum Gasteiger partial charge on any atom is 0.328 e. The zero-order valence-corrected chi connectivity index (χ0v) is 15.8. The highest BCUT2D eigenvalue weighted by molar-refractivity contribution is 5.95. The lowest BCUT2D eigenvalue weighted by Crippen LogP contribution is -2.46. The van der Waals surface area contributed by atoms with Crippen LogP contribution in [-0.2, 0) is 9.53 Å². The molecule has 1 aromatic rings. The second kappa shape index (κ2) is 10.4. The van der Waals surface area contributed by atoms with Gasteiger partial charge in [0.25, 0.3) is 5.91 Å². The minimum Gasteiger partial charge on any atom is -0.464 e. The van der Waals surface area contributed by atoms with Gasteiger partial charge in [-0.05, 0) is 38.8 Å². The molecule has 8 nitrogen and oxygen atoms in total. The van der Waals surface area contributed by atoms with Crippen molar-refractivity contribution < 1.29 is 14.3 Å². The summed E-state index contributed by atoms with van der Waals surface area (Å²) in [4.78, 5) is 24.5. The van der Waals surface area contributed by atoms with Gasteiger partial charge in [-0.1, -0.05) is 25.5 Å². The van der Waals surface area contributed by atoms with E-state index in [-0.39, 0.29) is 36.7 Å². The zero-order chi connectivity index (χ0) is 17.5. The SMILES string of the molecule is CCOC(=O)C(NC(=O)c1cn(C2CCNCC2)nn1)C(C)CC.Cl. The second-order valence-corrected chi connectivity index (χ2v) is 6.15. The molecule has 25 heavy (non-hydrogen) atoms. The number of ether oxygens (including phenoxy) is 1. The van der Waals surface area contributed by atoms with E-state index in [4.69, 9.17) is 4.74 Å². The molecule has 0 spiro atoms. The normalized spacial score (nSPS) is 17.2. The third-order valence-corrected chi connectivity index (χ3v) is 4.47. The Labute approximate surface area is 154 Å². The molecule has 1 aromatic heterocycles. The molecule has 1 fully saturated rings. The predicted molar refractivity (Wildman–Crippen MR) is 95.8 cm³/mol. The first kappa shape index (κ1) is 21.4. The summed E-state index contributed by atoms with van der Waals surface area (Å²) in [5.74, 6) is -0.827. The van der Waals surface area contributed by atoms with Crippen LogP contribution in [0, 0.1) is 5.92 Å². The van der Waals surface area contributed by atoms with Crippen molar-refractivity contribution in [3.05, 3.63) is 11.9 Å². The monoisotopic (exact) mass is 373 g/mol. The first-order valence-corrected chi connectivity index (χ1v) is 8.66. The fourth-order valence-corrected chi connectivity index (χ4v) is 2.75. The van der Waals surface area contributed by atoms with Crippen molar-refractivity contribution in [2.45, 2.75) is 52.1 Å². The fraction of sp³-hybridized carbons (Fsp3) is 0.750. The largest absolute Gasteiger partial charge is 0.464 e. The molecule has 0 aromatic carbocycles. The van der Waals surface area contributed by atoms with Crippen molar-refractivity contribution in [3.63, 3.8) is 0 Å². The zero-order valence-electron chi connectivity index (χ0n) is 15.0. The van der Waals surface area contributed by atoms with Crippen molar-refractivity contribution in [1.82, 2.24) is 25.6 Å². The van der Waals surface area contributed by atoms with E-state index in [2.05, 4.69) is 20.9 Å². The number of carbonyl (C=O) groups excluding carboxylic acids is 2. The summed E-state index contributed by atoms with van der Waals surface area (Å²) >= 11 is 0. The van der Waals surface area contributed by atoms with Gasteiger partial charge < -0.3 is 15.4 Å². The molecule has 0 saturated carbocycles. The van der Waals surface area contributed by atoms with Crippen LogP contribution >= 0.6 is 12.4 Å². The molecule has 2 unspecified atom stereocenters. The van der Waals surface area contributed by atoms with Crippen molar-refractivity contribution >= 4 is 24.3 Å². The molecule has 1 saturated heterocycles. The Morgan fingerprint density at radius 3 is 2.68 bits per heavy atom. The molecule has 2 N–H and O–H groups in total. The number of nitrogens with one attached hydrogen (secondary N) is 2. The fourth-order valence-electron chi connectivity index (χ4n) is 2.75. The Morgan fingerprint density at radius 2 is 2.08 bits per heavy atom. The van der Waals surface area contributed by atoms with Crippen molar-refractivity contribution in [2.75, 3.05) is 19.7 Å². The van der Waals surface area contributed by atoms with E-state index in [1.807, 2.05) is 13.8 Å². The van der Waals surface area contributed by atoms with Gasteiger partial charge in [0, 0.05) is 0 Å². The summed E-state index contributed by atoms with van der Waals surface area (Å²) in [5.41, 5.74) is 0.228. The molecule has 1 aliphatic rings. The molecule has 1 aliphatic heterocycles. The molecular weight excluding hydrogens is 346 g/mol. The first-order chi connectivity index (χ1) is 11.6. The summed E-state index contributed by atoms with van der Waals surface area (Å²) in [6, 6.07) is -0.415. The highest BCUT2D eigenvalue weighted by atomic mass is 35.5. The molecule has 0 bridgehead atoms. The standard InChI is InChI=1S/C16H27N5O3.ClH/c1-4-11(3)14(16(23)24-5-2)18-15(22)13-10-21(20-19-13)12-6-8-17-9-7-12;/h10-12,14,17H,4-9H2,1-3H3,(H,18,22);1H. The quantitative estimate of drug-likeness (QED) is 0.700. The summed E-state index contributed by atoms with van der Waals surface area (Å²) in [6.07, 6.45) is 4.33. The lowest BCUT2D eigenvalue weighted by molar-refractivity contribution is -0.146. The predicted octanol–water partition coefficient (Wildman–Crippen LogP) is 1.33. The van der Waals surface area contributed by atoms with Gasteiger partial charge in [0.15, 0.2) is 5.69 Å². The number of esters is 1. The maximum absolute atomic E-state index is 12.4. The first-order valence-electron chi connectivity index (χ1n) is 8.66. The van der Waals surface area contributed by atoms with E-state index in [1.165, 1.54) is 0 Å². The number of nitrogens with zero attached hydrogens (tertiary/aromatic N) is 3. The van der Waals surface area contributed by atoms with Crippen LogP contribution in [-0.4, -0.2) is 52.6 Å². The number of halogens is 1. The van der Waals surface area contributed by atoms with Crippen LogP contribution in [0.5, 0.6) is 0 Å². The summed E-state index contributed by atoms with van der Waals surface area (Å²) in [6.45, 7) is 7.78. The van der Waals surface area contributed by atoms with E-state index >= 15 is 0 Å². The lowest BCUT2D eigenvalue weighted by atomic mass is 9.99. The Kier molecular flexibility index (Phi) is 8.85. The second-order valence-electron chi connectivity index (χ2n) is 6.15. The van der Waals surface area contributed by atoms with Gasteiger partial charge in [0.05, 0.1) is 18.8 Å². The average molecular weight is 374 g/mol. The smallest absolute Gasteiger partial charge is 0.328 e. The molecule has 0 radical (unpaired) electrons. The van der Waals surface area contributed by atoms with Gasteiger partial charge in [0.1, 0.15) is 6.04 Å². The highest BCUT2D eigenvalue weighted by Gasteiger charge is 2.28. The number of carbonyl (C=O) groups is 2. The number of amides is 1. The van der Waals surface area contributed by atoms with Gasteiger partial charge in [-0.15, -0.1) is 17.5 Å². The van der Waals surface area contributed by atoms with E-state index in [0.29, 0.717) is 0 Å². The summed E-state index contributed by atoms with van der Waals surface area (Å²) in [7, 11) is 0. The maximum atomic E-state index is 12.4. The minimum absolute atomic E-state index is 0. The molecule has 9 heteroatoms. The summed E-state index contributed by atoms with van der Waals surface area (Å²) < 4.78 is 6.81. The van der Waals surface area contributed by atoms with Gasteiger partial charge in [-0.3, -0.25) is 4.79 Å². The number of piperidine rings is 1. The van der Waals surface area contributed by atoms with Gasteiger partial charge in [-0.25, -0.2) is 9.48 Å². The Bertz CT molecular complexity index is 560. The molecular formula is C16H28ClN5O3. The number of hydrogen-bond acceptors (Lipinski definition) is 6. The van der Waals surface area contributed by atoms with Crippen LogP contribution in [0.1, 0.15) is 56.6 Å². The van der Waals surface area contributed by atoms with E-state index in [9.17, 15) is 9.59 Å². The third kappa shape index (κ3) is 5.67. The molecule has 0 aliphatic carbocycles. The van der Waals surface area contributed by atoms with Crippen molar-refractivity contribution in [3.8, 4) is 0 Å². The van der Waals surface area contributed by atoms with Gasteiger partial charge >= 0.3 is 5.97 Å². The van der Waals surface area contributed by atoms with Crippen LogP contribution in [0.15, 0.2) is 6.20 Å². The minimum atomic E-state index is -0.675. The lowest BCUT2D eigenvalue weighted by Gasteiger charge is -2.22. The van der Waals surface area contributed by atoms with Crippen LogP contribution in [0.4, 0.5) is 0 Å². The van der Waals surface area contributed by atoms with Gasteiger partial charge in [0.2, 0.25) is 0 Å². The van der Waals surface area contributed by atoms with E-state index in [0.717, 1.165) is 32.4 Å². The topological polar surface area (TPSA) is 98.1 Å². The Balaban J connectivity index is 0.00000312. The average Bonchev–Trinajstić information content (AvgIpc) is 3.10. The van der Waals surface area contributed by atoms with Crippen LogP contribution in [0.25, 0.3) is 0 Å². The van der Waals surface area contributed by atoms with Crippen LogP contribution in [0.2, 0.25) is 0 Å². The number of aromatic nitrogens is 3. The molecule has 1 amide bonds. The van der Waals surface area contributed by atoms with Crippen molar-refractivity contribution in [1.29, 1.82) is 0 Å².